The summed E-state index contributed by atoms with van der Waals surface area (Å²) in [6.45, 7) is 8.98. The van der Waals surface area contributed by atoms with E-state index < -0.39 is 5.60 Å². The van der Waals surface area contributed by atoms with Crippen molar-refractivity contribution in [2.24, 2.45) is 0 Å². The van der Waals surface area contributed by atoms with Crippen LogP contribution in [0.4, 0.5) is 0 Å². The molecule has 0 aliphatic heterocycles. The Morgan fingerprint density at radius 2 is 1.41 bits per heavy atom. The van der Waals surface area contributed by atoms with Crippen molar-refractivity contribution in [3.8, 4) is 5.75 Å². The normalized spacial score (nSPS) is 13.9. The molecule has 3 nitrogen and oxygen atoms in total. The van der Waals surface area contributed by atoms with E-state index in [2.05, 4.69) is 52.0 Å². The minimum atomic E-state index is -1.21. The average Bonchev–Trinajstić information content (AvgIpc) is 3.06. The molecule has 5 heteroatoms. The summed E-state index contributed by atoms with van der Waals surface area (Å²) in [4.78, 5) is 13.8. The van der Waals surface area contributed by atoms with E-state index in [4.69, 9.17) is 20.5 Å². The molecule has 4 rings (SSSR count). The number of esters is 1. The monoisotopic (exact) mass is 628 g/mol. The van der Waals surface area contributed by atoms with Crippen molar-refractivity contribution in [1.82, 2.24) is 0 Å². The van der Waals surface area contributed by atoms with E-state index in [1.54, 1.807) is 0 Å². The van der Waals surface area contributed by atoms with E-state index >= 15 is 0 Å². The molecule has 0 saturated heterocycles. The smallest absolute Gasteiger partial charge is 0.307 e. The van der Waals surface area contributed by atoms with Crippen LogP contribution in [0.25, 0.3) is 0 Å². The van der Waals surface area contributed by atoms with Gasteiger partial charge in [0.05, 0.1) is 12.0 Å². The highest BCUT2D eigenvalue weighted by Crippen LogP contribution is 2.44. The molecular weight excluding hydrogens is 584 g/mol. The first-order valence-corrected chi connectivity index (χ1v) is 17.2. The van der Waals surface area contributed by atoms with Crippen molar-refractivity contribution in [2.45, 2.75) is 83.7 Å². The van der Waals surface area contributed by atoms with Crippen molar-refractivity contribution in [2.75, 3.05) is 5.75 Å². The predicted molar refractivity (Wildman–Crippen MR) is 186 cm³/mol. The largest absolute Gasteiger partial charge is 0.444 e. The Kier molecular flexibility index (Phi) is 12.4. The Labute approximate surface area is 273 Å². The van der Waals surface area contributed by atoms with Gasteiger partial charge >= 0.3 is 5.97 Å². The number of carbonyl (C=O) groups excluding carboxylic acids is 1. The van der Waals surface area contributed by atoms with Gasteiger partial charge in [0.1, 0.15) is 5.75 Å². The molecule has 0 aliphatic rings. The second-order valence-electron chi connectivity index (χ2n) is 11.6. The first kappa shape index (κ1) is 33.7. The number of hydrogen-bond acceptors (Lipinski definition) is 4. The lowest BCUT2D eigenvalue weighted by atomic mass is 9.74. The average molecular weight is 629 g/mol. The molecule has 0 amide bonds. The van der Waals surface area contributed by atoms with E-state index in [1.807, 2.05) is 78.9 Å². The number of unbranched alkanes of at least 4 members (excludes halogenated alkanes) is 1. The third-order valence-corrected chi connectivity index (χ3v) is 9.64. The molecule has 0 aliphatic carbocycles. The molecule has 4 aromatic rings. The molecule has 2 atom stereocenters. The van der Waals surface area contributed by atoms with E-state index in [1.165, 1.54) is 17.6 Å². The topological polar surface area (TPSA) is 35.5 Å². The Morgan fingerprint density at radius 3 is 2.05 bits per heavy atom. The lowest BCUT2D eigenvalue weighted by Gasteiger charge is -2.36. The SMILES string of the molecule is CCCCSOc1ccc(CCC(=O)OC(c2ccccc2)(c2ccc([C@@](C)(CC)CCC)cc2)c2ccccc2Cl)cc1. The Hall–Kier alpha value is -3.21. The number of halogens is 1. The van der Waals surface area contributed by atoms with E-state index in [0.717, 1.165) is 65.9 Å². The lowest BCUT2D eigenvalue weighted by molar-refractivity contribution is -0.153. The van der Waals surface area contributed by atoms with Gasteiger partial charge in [-0.15, -0.1) is 0 Å². The van der Waals surface area contributed by atoms with E-state index in [-0.39, 0.29) is 17.8 Å². The van der Waals surface area contributed by atoms with Crippen LogP contribution in [0.1, 0.15) is 94.0 Å². The molecule has 0 aromatic heterocycles. The summed E-state index contributed by atoms with van der Waals surface area (Å²) in [5.74, 6) is 1.50. The van der Waals surface area contributed by atoms with Crippen LogP contribution in [0.5, 0.6) is 5.75 Å². The summed E-state index contributed by atoms with van der Waals surface area (Å²) >= 11 is 8.37. The molecule has 4 aromatic carbocycles. The van der Waals surface area contributed by atoms with Crippen LogP contribution in [-0.2, 0) is 27.0 Å². The summed E-state index contributed by atoms with van der Waals surface area (Å²) in [5.41, 5.74) is 3.66. The van der Waals surface area contributed by atoms with Crippen molar-refractivity contribution in [3.05, 3.63) is 136 Å². The standard InChI is InChI=1S/C39H45ClO3S/c1-5-8-29-44-43-34-25-18-30(19-26-34)20-27-37(41)42-39(32-14-10-9-11-15-32,35-16-12-13-17-36(35)40)33-23-21-31(22-24-33)38(4,7-3)28-6-2/h9-19,21-26H,5-8,20,27-29H2,1-4H3/t38-,39?/m0/s1. The summed E-state index contributed by atoms with van der Waals surface area (Å²) in [7, 11) is 0. The summed E-state index contributed by atoms with van der Waals surface area (Å²) in [6.07, 6.45) is 6.34. The van der Waals surface area contributed by atoms with Crippen molar-refractivity contribution < 1.29 is 13.7 Å². The highest BCUT2D eigenvalue weighted by atomic mass is 35.5. The number of rotatable bonds is 16. The molecule has 0 spiro atoms. The maximum atomic E-state index is 13.8. The predicted octanol–water partition coefficient (Wildman–Crippen LogP) is 11.1. The van der Waals surface area contributed by atoms with Gasteiger partial charge in [-0.1, -0.05) is 137 Å². The third-order valence-electron chi connectivity index (χ3n) is 8.55. The number of carbonyl (C=O) groups is 1. The fourth-order valence-electron chi connectivity index (χ4n) is 5.75. The van der Waals surface area contributed by atoms with Gasteiger partial charge in [-0.05, 0) is 60.4 Å². The quantitative estimate of drug-likeness (QED) is 0.0535. The lowest BCUT2D eigenvalue weighted by Crippen LogP contribution is -2.36. The molecule has 44 heavy (non-hydrogen) atoms. The van der Waals surface area contributed by atoms with Crippen molar-refractivity contribution in [1.29, 1.82) is 0 Å². The van der Waals surface area contributed by atoms with Crippen LogP contribution >= 0.6 is 23.6 Å². The molecule has 0 radical (unpaired) electrons. The van der Waals surface area contributed by atoms with Gasteiger partial charge in [0.25, 0.3) is 0 Å². The first-order valence-electron chi connectivity index (χ1n) is 15.9. The number of ether oxygens (including phenoxy) is 1. The Balaban J connectivity index is 1.66. The van der Waals surface area contributed by atoms with E-state index in [9.17, 15) is 4.79 Å². The van der Waals surface area contributed by atoms with Gasteiger partial charge in [-0.25, -0.2) is 0 Å². The van der Waals surface area contributed by atoms with Crippen LogP contribution in [0, 0.1) is 0 Å². The van der Waals surface area contributed by atoms with Gasteiger partial charge in [0.15, 0.2) is 5.60 Å². The van der Waals surface area contributed by atoms with Crippen LogP contribution in [-0.4, -0.2) is 11.7 Å². The van der Waals surface area contributed by atoms with Crippen LogP contribution in [0.2, 0.25) is 5.02 Å². The second-order valence-corrected chi connectivity index (χ2v) is 12.9. The fourth-order valence-corrected chi connectivity index (χ4v) is 6.75. The molecule has 1 unspecified atom stereocenters. The van der Waals surface area contributed by atoms with Crippen LogP contribution in [0.15, 0.2) is 103 Å². The summed E-state index contributed by atoms with van der Waals surface area (Å²) in [5, 5.41) is 0.546. The van der Waals surface area contributed by atoms with Gasteiger partial charge in [-0.2, -0.15) is 0 Å². The molecule has 0 heterocycles. The first-order chi connectivity index (χ1) is 21.4. The van der Waals surface area contributed by atoms with Gasteiger partial charge in [-0.3, -0.25) is 4.79 Å². The minimum Gasteiger partial charge on any atom is -0.444 e. The van der Waals surface area contributed by atoms with Gasteiger partial charge < -0.3 is 8.92 Å². The zero-order valence-electron chi connectivity index (χ0n) is 26.5. The minimum absolute atomic E-state index is 0.0819. The maximum Gasteiger partial charge on any atom is 0.307 e. The van der Waals surface area contributed by atoms with E-state index in [0.29, 0.717) is 11.4 Å². The third kappa shape index (κ3) is 8.08. The van der Waals surface area contributed by atoms with Gasteiger partial charge in [0.2, 0.25) is 0 Å². The van der Waals surface area contributed by atoms with Crippen LogP contribution in [0.3, 0.4) is 0 Å². The highest BCUT2D eigenvalue weighted by molar-refractivity contribution is 7.95. The van der Waals surface area contributed by atoms with Gasteiger partial charge in [0, 0.05) is 33.9 Å². The second kappa shape index (κ2) is 16.2. The Morgan fingerprint density at radius 1 is 0.773 bits per heavy atom. The molecule has 0 fully saturated rings. The molecule has 0 N–H and O–H groups in total. The molecule has 0 bridgehead atoms. The number of aryl methyl sites for hydroxylation is 1. The molecule has 0 saturated carbocycles. The molecular formula is C39H45ClO3S. The highest BCUT2D eigenvalue weighted by Gasteiger charge is 2.42. The van der Waals surface area contributed by atoms with Crippen molar-refractivity contribution in [3.63, 3.8) is 0 Å². The zero-order valence-corrected chi connectivity index (χ0v) is 28.1. The zero-order chi connectivity index (χ0) is 31.4. The summed E-state index contributed by atoms with van der Waals surface area (Å²) < 4.78 is 12.4. The van der Waals surface area contributed by atoms with Crippen LogP contribution < -0.4 is 4.18 Å². The number of benzene rings is 4. The maximum absolute atomic E-state index is 13.8. The van der Waals surface area contributed by atoms with Crippen molar-refractivity contribution >= 4 is 29.6 Å². The molecule has 232 valence electrons. The summed E-state index contributed by atoms with van der Waals surface area (Å²) in [6, 6.07) is 34.2. The number of hydrogen-bond donors (Lipinski definition) is 0. The Bertz CT molecular complexity index is 1460. The fraction of sp³-hybridized carbons (Fsp3) is 0.359.